The Hall–Kier alpha value is -3.10. The number of anilines is 1. The Kier molecular flexibility index (Phi) is 9.97. The molecule has 9 heteroatoms. The van der Waals surface area contributed by atoms with Crippen LogP contribution in [0, 0.1) is 0 Å². The first-order valence-electron chi connectivity index (χ1n) is 10.3. The van der Waals surface area contributed by atoms with E-state index < -0.39 is 11.9 Å². The van der Waals surface area contributed by atoms with Crippen molar-refractivity contribution in [3.8, 4) is 0 Å². The summed E-state index contributed by atoms with van der Waals surface area (Å²) in [5, 5.41) is 35.6. The van der Waals surface area contributed by atoms with Gasteiger partial charge >= 0.3 is 11.9 Å². The molecule has 0 aliphatic carbocycles. The van der Waals surface area contributed by atoms with Crippen molar-refractivity contribution in [3.63, 3.8) is 0 Å². The van der Waals surface area contributed by atoms with Gasteiger partial charge in [0.05, 0.1) is 29.3 Å². The van der Waals surface area contributed by atoms with Gasteiger partial charge in [0.25, 0.3) is 0 Å². The number of nitrogens with one attached hydrogen (secondary N) is 2. The van der Waals surface area contributed by atoms with E-state index in [4.69, 9.17) is 27.0 Å². The highest BCUT2D eigenvalue weighted by molar-refractivity contribution is 6.33. The SMILES string of the molecule is C/C(=N\O)c1ccc(CNc2c(Cl)ccc3c2CCNCC3)cc1.O=C(O)CCC(=O)O. The number of rotatable bonds is 7. The second kappa shape index (κ2) is 12.7. The second-order valence-corrected chi connectivity index (χ2v) is 7.74. The van der Waals surface area contributed by atoms with E-state index in [1.165, 1.54) is 11.1 Å². The van der Waals surface area contributed by atoms with Crippen molar-refractivity contribution in [3.05, 3.63) is 63.7 Å². The van der Waals surface area contributed by atoms with Gasteiger partial charge in [-0.1, -0.05) is 47.1 Å². The third-order valence-corrected chi connectivity index (χ3v) is 5.34. The molecule has 172 valence electrons. The number of halogens is 1. The number of benzene rings is 2. The monoisotopic (exact) mass is 461 g/mol. The van der Waals surface area contributed by atoms with Gasteiger partial charge in [-0.05, 0) is 61.2 Å². The fourth-order valence-electron chi connectivity index (χ4n) is 3.26. The average molecular weight is 462 g/mol. The van der Waals surface area contributed by atoms with Crippen LogP contribution in [0.1, 0.15) is 42.0 Å². The topological polar surface area (TPSA) is 131 Å². The first kappa shape index (κ1) is 25.2. The van der Waals surface area contributed by atoms with Crippen molar-refractivity contribution in [1.82, 2.24) is 5.32 Å². The van der Waals surface area contributed by atoms with Gasteiger partial charge in [0, 0.05) is 6.54 Å². The molecule has 0 aromatic heterocycles. The summed E-state index contributed by atoms with van der Waals surface area (Å²) >= 11 is 6.44. The Bertz CT molecular complexity index is 947. The predicted octanol–water partition coefficient (Wildman–Crippen LogP) is 3.77. The number of carboxylic acid groups (broad SMARTS) is 2. The Labute approximate surface area is 191 Å². The number of nitrogens with zero attached hydrogens (tertiary/aromatic N) is 1. The quantitative estimate of drug-likeness (QED) is 0.241. The minimum Gasteiger partial charge on any atom is -0.481 e. The van der Waals surface area contributed by atoms with Gasteiger partial charge in [-0.25, -0.2) is 0 Å². The van der Waals surface area contributed by atoms with E-state index in [1.54, 1.807) is 6.92 Å². The Balaban J connectivity index is 0.000000390. The summed E-state index contributed by atoms with van der Waals surface area (Å²) in [5.41, 5.74) is 6.43. The number of hydrogen-bond acceptors (Lipinski definition) is 6. The Morgan fingerprint density at radius 3 is 2.25 bits per heavy atom. The van der Waals surface area contributed by atoms with Crippen LogP contribution in [-0.4, -0.2) is 46.2 Å². The lowest BCUT2D eigenvalue weighted by Gasteiger charge is -2.16. The highest BCUT2D eigenvalue weighted by Crippen LogP contribution is 2.31. The lowest BCUT2D eigenvalue weighted by Crippen LogP contribution is -2.16. The van der Waals surface area contributed by atoms with E-state index in [0.29, 0.717) is 12.3 Å². The van der Waals surface area contributed by atoms with Gasteiger partial charge in [-0.15, -0.1) is 0 Å². The molecule has 0 saturated carbocycles. The summed E-state index contributed by atoms with van der Waals surface area (Å²) < 4.78 is 0. The normalized spacial score (nSPS) is 13.2. The summed E-state index contributed by atoms with van der Waals surface area (Å²) in [6.07, 6.45) is 1.43. The highest BCUT2D eigenvalue weighted by Gasteiger charge is 2.14. The Morgan fingerprint density at radius 2 is 1.66 bits per heavy atom. The number of aliphatic carboxylic acids is 2. The summed E-state index contributed by atoms with van der Waals surface area (Å²) in [6.45, 7) is 4.48. The molecule has 32 heavy (non-hydrogen) atoms. The first-order valence-corrected chi connectivity index (χ1v) is 10.7. The van der Waals surface area contributed by atoms with Crippen molar-refractivity contribution in [1.29, 1.82) is 0 Å². The molecule has 0 unspecified atom stereocenters. The lowest BCUT2D eigenvalue weighted by molar-refractivity contribution is -0.143. The highest BCUT2D eigenvalue weighted by atomic mass is 35.5. The summed E-state index contributed by atoms with van der Waals surface area (Å²) in [4.78, 5) is 19.3. The molecule has 0 amide bonds. The van der Waals surface area contributed by atoms with Crippen LogP contribution in [-0.2, 0) is 29.0 Å². The summed E-state index contributed by atoms with van der Waals surface area (Å²) in [7, 11) is 0. The van der Waals surface area contributed by atoms with Gasteiger partial charge in [0.2, 0.25) is 0 Å². The van der Waals surface area contributed by atoms with Crippen LogP contribution in [0.5, 0.6) is 0 Å². The molecule has 0 bridgehead atoms. The third-order valence-electron chi connectivity index (χ3n) is 5.03. The molecular formula is C23H28ClN3O5. The van der Waals surface area contributed by atoms with Gasteiger partial charge in [-0.2, -0.15) is 0 Å². The van der Waals surface area contributed by atoms with E-state index in [-0.39, 0.29) is 12.8 Å². The Morgan fingerprint density at radius 1 is 1.03 bits per heavy atom. The van der Waals surface area contributed by atoms with E-state index in [2.05, 4.69) is 21.9 Å². The number of fused-ring (bicyclic) bond motifs is 1. The van der Waals surface area contributed by atoms with Crippen LogP contribution in [0.15, 0.2) is 41.6 Å². The lowest BCUT2D eigenvalue weighted by atomic mass is 10.0. The van der Waals surface area contributed by atoms with E-state index in [0.717, 1.165) is 47.8 Å². The molecule has 1 aliphatic rings. The maximum absolute atomic E-state index is 9.64. The van der Waals surface area contributed by atoms with Crippen LogP contribution in [0.4, 0.5) is 5.69 Å². The molecule has 0 saturated heterocycles. The largest absolute Gasteiger partial charge is 0.481 e. The van der Waals surface area contributed by atoms with Crippen LogP contribution in [0.3, 0.4) is 0 Å². The molecular weight excluding hydrogens is 434 g/mol. The minimum atomic E-state index is -1.08. The maximum atomic E-state index is 9.64. The number of carbonyl (C=O) groups is 2. The summed E-state index contributed by atoms with van der Waals surface area (Å²) in [5.74, 6) is -2.15. The van der Waals surface area contributed by atoms with Crippen LogP contribution in [0.25, 0.3) is 0 Å². The van der Waals surface area contributed by atoms with Crippen molar-refractivity contribution < 1.29 is 25.0 Å². The maximum Gasteiger partial charge on any atom is 0.303 e. The van der Waals surface area contributed by atoms with Crippen LogP contribution in [0.2, 0.25) is 5.02 Å². The zero-order valence-electron chi connectivity index (χ0n) is 17.9. The van der Waals surface area contributed by atoms with Gasteiger partial charge in [0.15, 0.2) is 0 Å². The molecule has 1 aliphatic heterocycles. The second-order valence-electron chi connectivity index (χ2n) is 7.33. The standard InChI is InChI=1S/C19H22ClN3O.C4H6O4/c1-13(23-24)15-4-2-14(3-5-15)12-22-19-17-9-11-21-10-8-16(17)6-7-18(19)20;5-3(6)1-2-4(7)8/h2-7,21-22,24H,8-12H2,1H3;1-2H2,(H,5,6)(H,7,8)/b23-13+;. The minimum absolute atomic E-state index is 0.296. The number of oxime groups is 1. The average Bonchev–Trinajstić information content (AvgIpc) is 3.03. The zero-order valence-corrected chi connectivity index (χ0v) is 18.7. The fourth-order valence-corrected chi connectivity index (χ4v) is 3.50. The molecule has 0 atom stereocenters. The van der Waals surface area contributed by atoms with E-state index >= 15 is 0 Å². The first-order chi connectivity index (χ1) is 15.3. The van der Waals surface area contributed by atoms with Gasteiger partial charge < -0.3 is 26.1 Å². The van der Waals surface area contributed by atoms with E-state index in [1.807, 2.05) is 30.3 Å². The van der Waals surface area contributed by atoms with Crippen molar-refractivity contribution >= 4 is 34.9 Å². The fraction of sp³-hybridized carbons (Fsp3) is 0.348. The van der Waals surface area contributed by atoms with Crippen molar-refractivity contribution in [2.75, 3.05) is 18.4 Å². The van der Waals surface area contributed by atoms with Crippen molar-refractivity contribution in [2.45, 2.75) is 39.2 Å². The van der Waals surface area contributed by atoms with Crippen molar-refractivity contribution in [2.24, 2.45) is 5.16 Å². The third kappa shape index (κ3) is 7.86. The molecule has 1 heterocycles. The van der Waals surface area contributed by atoms with E-state index in [9.17, 15) is 9.59 Å². The molecule has 0 spiro atoms. The van der Waals surface area contributed by atoms with Crippen LogP contribution < -0.4 is 10.6 Å². The summed E-state index contributed by atoms with van der Waals surface area (Å²) in [6, 6.07) is 12.1. The molecule has 2 aromatic carbocycles. The molecule has 2 aromatic rings. The molecule has 0 radical (unpaired) electrons. The molecule has 0 fully saturated rings. The number of hydrogen-bond donors (Lipinski definition) is 5. The number of carboxylic acids is 2. The van der Waals surface area contributed by atoms with Gasteiger partial charge in [-0.3, -0.25) is 9.59 Å². The van der Waals surface area contributed by atoms with Crippen LogP contribution >= 0.6 is 11.6 Å². The molecule has 5 N–H and O–H groups in total. The molecule has 3 rings (SSSR count). The smallest absolute Gasteiger partial charge is 0.303 e. The zero-order chi connectivity index (χ0) is 23.5. The molecule has 8 nitrogen and oxygen atoms in total. The predicted molar refractivity (Wildman–Crippen MR) is 124 cm³/mol. The van der Waals surface area contributed by atoms with Gasteiger partial charge in [0.1, 0.15) is 0 Å².